The monoisotopic (exact) mass is 236 g/mol. The number of aromatic nitrogens is 2. The third-order valence-electron chi connectivity index (χ3n) is 3.39. The minimum absolute atomic E-state index is 0.0244. The molecule has 0 bridgehead atoms. The van der Waals surface area contributed by atoms with E-state index in [-0.39, 0.29) is 12.0 Å². The van der Waals surface area contributed by atoms with Crippen LogP contribution < -0.4 is 4.74 Å². The highest BCUT2D eigenvalue weighted by Crippen LogP contribution is 2.36. The van der Waals surface area contributed by atoms with E-state index in [9.17, 15) is 4.79 Å². The van der Waals surface area contributed by atoms with Crippen molar-refractivity contribution < 1.29 is 9.53 Å². The highest BCUT2D eigenvalue weighted by Gasteiger charge is 2.30. The number of nitrogens with zero attached hydrogens (tertiary/aromatic N) is 2. The van der Waals surface area contributed by atoms with Gasteiger partial charge >= 0.3 is 0 Å². The lowest BCUT2D eigenvalue weighted by molar-refractivity contribution is -0.122. The van der Waals surface area contributed by atoms with Crippen LogP contribution in [0.1, 0.15) is 57.2 Å². The lowest BCUT2D eigenvalue weighted by atomic mass is 9.85. The van der Waals surface area contributed by atoms with Crippen molar-refractivity contribution in [2.75, 3.05) is 7.11 Å². The normalized spacial score (nSPS) is 20.9. The van der Waals surface area contributed by atoms with Crippen molar-refractivity contribution in [1.29, 1.82) is 0 Å². The van der Waals surface area contributed by atoms with Gasteiger partial charge in [-0.3, -0.25) is 9.48 Å². The number of methoxy groups -OCH3 is 1. The van der Waals surface area contributed by atoms with E-state index < -0.39 is 0 Å². The first-order valence-electron chi connectivity index (χ1n) is 6.29. The Labute approximate surface area is 102 Å². The number of carbonyl (C=O) groups excluding carboxylic acids is 1. The summed E-state index contributed by atoms with van der Waals surface area (Å²) in [6.45, 7) is 4.15. The minimum atomic E-state index is -0.0244. The fraction of sp³-hybridized carbons (Fsp3) is 0.692. The van der Waals surface area contributed by atoms with E-state index in [4.69, 9.17) is 4.74 Å². The van der Waals surface area contributed by atoms with Crippen LogP contribution in [0.15, 0.2) is 6.20 Å². The van der Waals surface area contributed by atoms with Crippen molar-refractivity contribution in [2.24, 2.45) is 0 Å². The molecule has 2 rings (SSSR count). The molecule has 1 fully saturated rings. The molecular formula is C13H20N2O2. The molecule has 0 saturated heterocycles. The minimum Gasteiger partial charge on any atom is -0.493 e. The van der Waals surface area contributed by atoms with Gasteiger partial charge in [0.1, 0.15) is 5.78 Å². The summed E-state index contributed by atoms with van der Waals surface area (Å²) in [6, 6.07) is 0.253. The Morgan fingerprint density at radius 1 is 1.47 bits per heavy atom. The average molecular weight is 236 g/mol. The molecule has 0 N–H and O–H groups in total. The number of ketones is 1. The van der Waals surface area contributed by atoms with Crippen LogP contribution in [0.25, 0.3) is 0 Å². The SMILES string of the molecule is COc1cnn(C(C)C)c1C1CCCCC1=O. The molecule has 1 aliphatic rings. The standard InChI is InChI=1S/C13H20N2O2/c1-9(2)15-13(12(17-3)8-14-15)10-6-4-5-7-11(10)16/h8-10H,4-7H2,1-3H3. The summed E-state index contributed by atoms with van der Waals surface area (Å²) >= 11 is 0. The van der Waals surface area contributed by atoms with Gasteiger partial charge in [-0.15, -0.1) is 0 Å². The third kappa shape index (κ3) is 2.21. The maximum absolute atomic E-state index is 12.0. The Balaban J connectivity index is 2.40. The molecule has 0 spiro atoms. The lowest BCUT2D eigenvalue weighted by Crippen LogP contribution is -2.22. The fourth-order valence-corrected chi connectivity index (χ4v) is 2.53. The maximum atomic E-state index is 12.0. The number of rotatable bonds is 3. The van der Waals surface area contributed by atoms with Crippen LogP contribution in [0.4, 0.5) is 0 Å². The molecular weight excluding hydrogens is 216 g/mol. The molecule has 1 aromatic heterocycles. The molecule has 4 nitrogen and oxygen atoms in total. The van der Waals surface area contributed by atoms with E-state index in [0.29, 0.717) is 12.2 Å². The summed E-state index contributed by atoms with van der Waals surface area (Å²) in [7, 11) is 1.64. The molecule has 1 atom stereocenters. The summed E-state index contributed by atoms with van der Waals surface area (Å²) < 4.78 is 7.27. The summed E-state index contributed by atoms with van der Waals surface area (Å²) in [5.41, 5.74) is 0.965. The predicted octanol–water partition coefficient (Wildman–Crippen LogP) is 2.70. The summed E-state index contributed by atoms with van der Waals surface area (Å²) in [4.78, 5) is 12.0. The van der Waals surface area contributed by atoms with E-state index in [1.807, 2.05) is 4.68 Å². The highest BCUT2D eigenvalue weighted by molar-refractivity contribution is 5.86. The number of hydrogen-bond acceptors (Lipinski definition) is 3. The van der Waals surface area contributed by atoms with Crippen molar-refractivity contribution in [3.05, 3.63) is 11.9 Å². The molecule has 1 unspecified atom stereocenters. The van der Waals surface area contributed by atoms with Gasteiger partial charge in [-0.25, -0.2) is 0 Å². The van der Waals surface area contributed by atoms with Gasteiger partial charge < -0.3 is 4.74 Å². The zero-order valence-electron chi connectivity index (χ0n) is 10.8. The Morgan fingerprint density at radius 2 is 2.24 bits per heavy atom. The van der Waals surface area contributed by atoms with Gasteiger partial charge in [0.2, 0.25) is 0 Å². The Bertz CT molecular complexity index is 410. The van der Waals surface area contributed by atoms with Crippen LogP contribution in [-0.2, 0) is 4.79 Å². The van der Waals surface area contributed by atoms with Crippen molar-refractivity contribution >= 4 is 5.78 Å². The maximum Gasteiger partial charge on any atom is 0.160 e. The fourth-order valence-electron chi connectivity index (χ4n) is 2.53. The zero-order chi connectivity index (χ0) is 12.4. The molecule has 0 aromatic carbocycles. The quantitative estimate of drug-likeness (QED) is 0.810. The van der Waals surface area contributed by atoms with E-state index in [1.165, 1.54) is 0 Å². The molecule has 0 aliphatic heterocycles. The first kappa shape index (κ1) is 12.1. The van der Waals surface area contributed by atoms with Crippen LogP contribution in [0.2, 0.25) is 0 Å². The Morgan fingerprint density at radius 3 is 2.82 bits per heavy atom. The zero-order valence-corrected chi connectivity index (χ0v) is 10.8. The van der Waals surface area contributed by atoms with Crippen LogP contribution in [-0.4, -0.2) is 22.7 Å². The second-order valence-corrected chi connectivity index (χ2v) is 4.90. The van der Waals surface area contributed by atoms with Crippen molar-refractivity contribution in [1.82, 2.24) is 9.78 Å². The van der Waals surface area contributed by atoms with Crippen molar-refractivity contribution in [2.45, 2.75) is 51.5 Å². The molecule has 17 heavy (non-hydrogen) atoms. The van der Waals surface area contributed by atoms with Crippen molar-refractivity contribution in [3.63, 3.8) is 0 Å². The molecule has 1 aliphatic carbocycles. The average Bonchev–Trinajstić information content (AvgIpc) is 2.73. The second-order valence-electron chi connectivity index (χ2n) is 4.90. The van der Waals surface area contributed by atoms with Gasteiger partial charge in [0.05, 0.1) is 24.9 Å². The van der Waals surface area contributed by atoms with Crippen LogP contribution in [0, 0.1) is 0 Å². The molecule has 4 heteroatoms. The summed E-state index contributed by atoms with van der Waals surface area (Å²) in [5.74, 6) is 1.06. The molecule has 94 valence electrons. The molecule has 1 saturated carbocycles. The molecule has 1 heterocycles. The van der Waals surface area contributed by atoms with E-state index >= 15 is 0 Å². The van der Waals surface area contributed by atoms with Gasteiger partial charge in [-0.05, 0) is 26.7 Å². The number of ether oxygens (including phenoxy) is 1. The van der Waals surface area contributed by atoms with Crippen LogP contribution >= 0.6 is 0 Å². The van der Waals surface area contributed by atoms with E-state index in [2.05, 4.69) is 18.9 Å². The van der Waals surface area contributed by atoms with Crippen LogP contribution in [0.3, 0.4) is 0 Å². The second kappa shape index (κ2) is 4.90. The van der Waals surface area contributed by atoms with Gasteiger partial charge in [0.15, 0.2) is 5.75 Å². The largest absolute Gasteiger partial charge is 0.493 e. The van der Waals surface area contributed by atoms with E-state index in [0.717, 1.165) is 30.7 Å². The van der Waals surface area contributed by atoms with Gasteiger partial charge in [0, 0.05) is 12.5 Å². The molecule has 0 radical (unpaired) electrons. The Hall–Kier alpha value is -1.32. The van der Waals surface area contributed by atoms with Gasteiger partial charge in [-0.1, -0.05) is 6.42 Å². The smallest absolute Gasteiger partial charge is 0.160 e. The van der Waals surface area contributed by atoms with Gasteiger partial charge in [0.25, 0.3) is 0 Å². The molecule has 0 amide bonds. The number of hydrogen-bond donors (Lipinski definition) is 0. The highest BCUT2D eigenvalue weighted by atomic mass is 16.5. The molecule has 1 aromatic rings. The van der Waals surface area contributed by atoms with Gasteiger partial charge in [-0.2, -0.15) is 5.10 Å². The summed E-state index contributed by atoms with van der Waals surface area (Å²) in [6.07, 6.45) is 5.47. The number of Topliss-reactive ketones (excluding diaryl/α,β-unsaturated/α-hetero) is 1. The first-order chi connectivity index (χ1) is 8.15. The Kier molecular flexibility index (Phi) is 3.50. The lowest BCUT2D eigenvalue weighted by Gasteiger charge is -2.23. The van der Waals surface area contributed by atoms with E-state index in [1.54, 1.807) is 13.3 Å². The third-order valence-corrected chi connectivity index (χ3v) is 3.39. The predicted molar refractivity (Wildman–Crippen MR) is 65.4 cm³/mol. The number of carbonyl (C=O) groups is 1. The first-order valence-corrected chi connectivity index (χ1v) is 6.29. The van der Waals surface area contributed by atoms with Crippen molar-refractivity contribution in [3.8, 4) is 5.75 Å². The van der Waals surface area contributed by atoms with Crippen LogP contribution in [0.5, 0.6) is 5.75 Å². The topological polar surface area (TPSA) is 44.1 Å². The summed E-state index contributed by atoms with van der Waals surface area (Å²) in [5, 5.41) is 4.34.